The summed E-state index contributed by atoms with van der Waals surface area (Å²) in [6, 6.07) is 10.1. The van der Waals surface area contributed by atoms with Crippen molar-refractivity contribution in [2.24, 2.45) is 0 Å². The highest BCUT2D eigenvalue weighted by Crippen LogP contribution is 2.23. The Balaban J connectivity index is 0.00000118. The summed E-state index contributed by atoms with van der Waals surface area (Å²) in [5, 5.41) is 2.73. The maximum absolute atomic E-state index is 12.1. The van der Waals surface area contributed by atoms with Gasteiger partial charge in [-0.1, -0.05) is 75.6 Å². The van der Waals surface area contributed by atoms with Gasteiger partial charge in [-0.25, -0.2) is 0 Å². The Hall–Kier alpha value is -2.91. The number of hydrogen-bond acceptors (Lipinski definition) is 2. The second kappa shape index (κ2) is 17.7. The molecule has 1 aromatic carbocycles. The second-order valence-electron chi connectivity index (χ2n) is 7.33. The third kappa shape index (κ3) is 12.1. The molecule has 3 nitrogen and oxygen atoms in total. The lowest BCUT2D eigenvalue weighted by Gasteiger charge is -2.09. The SMILES string of the molecule is C=C\C(=C/C(=C\C)C(=C\C)/C=C(\C)C(=O)NC(=C)C)c1ccccc1.CCCOCCC. The molecule has 0 bridgehead atoms. The zero-order valence-electron chi connectivity index (χ0n) is 20.8. The molecule has 1 rings (SSSR count). The largest absolute Gasteiger partial charge is 0.381 e. The lowest BCUT2D eigenvalue weighted by molar-refractivity contribution is -0.116. The number of benzene rings is 1. The van der Waals surface area contributed by atoms with E-state index in [-0.39, 0.29) is 5.91 Å². The van der Waals surface area contributed by atoms with Gasteiger partial charge in [-0.3, -0.25) is 4.79 Å². The average molecular weight is 436 g/mol. The maximum Gasteiger partial charge on any atom is 0.251 e. The third-order valence-electron chi connectivity index (χ3n) is 4.35. The Labute approximate surface area is 196 Å². The van der Waals surface area contributed by atoms with E-state index < -0.39 is 0 Å². The van der Waals surface area contributed by atoms with Crippen molar-refractivity contribution in [3.63, 3.8) is 0 Å². The molecule has 1 amide bonds. The van der Waals surface area contributed by atoms with Crippen molar-refractivity contribution in [3.8, 4) is 0 Å². The zero-order chi connectivity index (χ0) is 24.4. The summed E-state index contributed by atoms with van der Waals surface area (Å²) in [6.07, 6.45) is 12.1. The van der Waals surface area contributed by atoms with Crippen molar-refractivity contribution in [1.29, 1.82) is 0 Å². The van der Waals surface area contributed by atoms with Gasteiger partial charge in [0, 0.05) is 24.5 Å². The van der Waals surface area contributed by atoms with Gasteiger partial charge in [-0.2, -0.15) is 0 Å². The normalized spacial score (nSPS) is 12.6. The first-order valence-corrected chi connectivity index (χ1v) is 11.3. The van der Waals surface area contributed by atoms with Crippen LogP contribution in [0.3, 0.4) is 0 Å². The van der Waals surface area contributed by atoms with Gasteiger partial charge in [0.2, 0.25) is 0 Å². The highest BCUT2D eigenvalue weighted by Gasteiger charge is 2.07. The van der Waals surface area contributed by atoms with Crippen molar-refractivity contribution in [2.45, 2.75) is 54.4 Å². The Morgan fingerprint density at radius 1 is 0.969 bits per heavy atom. The van der Waals surface area contributed by atoms with Gasteiger partial charge in [0.1, 0.15) is 0 Å². The number of allylic oxidation sites excluding steroid dienone is 9. The fraction of sp³-hybridized carbons (Fsp3) is 0.345. The molecule has 0 aliphatic heterocycles. The molecule has 174 valence electrons. The first-order valence-electron chi connectivity index (χ1n) is 11.3. The van der Waals surface area contributed by atoms with Crippen molar-refractivity contribution in [2.75, 3.05) is 13.2 Å². The molecule has 0 unspecified atom stereocenters. The second-order valence-corrected chi connectivity index (χ2v) is 7.33. The van der Waals surface area contributed by atoms with Gasteiger partial charge in [0.25, 0.3) is 5.91 Å². The first kappa shape index (κ1) is 29.1. The van der Waals surface area contributed by atoms with Crippen LogP contribution in [0.15, 0.2) is 96.3 Å². The fourth-order valence-corrected chi connectivity index (χ4v) is 2.71. The number of hydrogen-bond donors (Lipinski definition) is 1. The number of carbonyl (C=O) groups is 1. The predicted octanol–water partition coefficient (Wildman–Crippen LogP) is 7.57. The van der Waals surface area contributed by atoms with E-state index in [0.717, 1.165) is 48.3 Å². The average Bonchev–Trinajstić information content (AvgIpc) is 2.79. The molecule has 3 heteroatoms. The van der Waals surface area contributed by atoms with Crippen LogP contribution in [0.25, 0.3) is 5.57 Å². The number of rotatable bonds is 11. The number of ether oxygens (including phenoxy) is 1. The molecular formula is C29H41NO2. The Bertz CT molecular complexity index is 835. The summed E-state index contributed by atoms with van der Waals surface area (Å²) < 4.78 is 5.13. The lowest BCUT2D eigenvalue weighted by atomic mass is 9.97. The van der Waals surface area contributed by atoms with E-state index in [4.69, 9.17) is 4.74 Å². The highest BCUT2D eigenvalue weighted by molar-refractivity contribution is 5.94. The van der Waals surface area contributed by atoms with Crippen molar-refractivity contribution in [3.05, 3.63) is 102 Å². The smallest absolute Gasteiger partial charge is 0.251 e. The van der Waals surface area contributed by atoms with Gasteiger partial charge >= 0.3 is 0 Å². The summed E-state index contributed by atoms with van der Waals surface area (Å²) in [5.41, 5.74) is 5.40. The molecular weight excluding hydrogens is 394 g/mol. The number of nitrogens with one attached hydrogen (secondary N) is 1. The van der Waals surface area contributed by atoms with Crippen LogP contribution in [0.1, 0.15) is 59.9 Å². The first-order chi connectivity index (χ1) is 15.3. The fourth-order valence-electron chi connectivity index (χ4n) is 2.71. The van der Waals surface area contributed by atoms with Gasteiger partial charge in [0.15, 0.2) is 0 Å². The van der Waals surface area contributed by atoms with Crippen LogP contribution < -0.4 is 5.32 Å². The minimum Gasteiger partial charge on any atom is -0.381 e. The van der Waals surface area contributed by atoms with Gasteiger partial charge in [0.05, 0.1) is 0 Å². The topological polar surface area (TPSA) is 38.3 Å². The van der Waals surface area contributed by atoms with E-state index in [9.17, 15) is 4.79 Å². The summed E-state index contributed by atoms with van der Waals surface area (Å²) in [7, 11) is 0. The van der Waals surface area contributed by atoms with Crippen molar-refractivity contribution < 1.29 is 9.53 Å². The molecule has 0 fully saturated rings. The van der Waals surface area contributed by atoms with Crippen LogP contribution >= 0.6 is 0 Å². The molecule has 1 aromatic rings. The monoisotopic (exact) mass is 435 g/mol. The van der Waals surface area contributed by atoms with E-state index in [0.29, 0.717) is 11.3 Å². The van der Waals surface area contributed by atoms with Crippen LogP contribution in [-0.4, -0.2) is 19.1 Å². The third-order valence-corrected chi connectivity index (χ3v) is 4.35. The summed E-state index contributed by atoms with van der Waals surface area (Å²) in [6.45, 7) is 21.2. The van der Waals surface area contributed by atoms with Gasteiger partial charge < -0.3 is 10.1 Å². The summed E-state index contributed by atoms with van der Waals surface area (Å²) >= 11 is 0. The standard InChI is InChI=1S/C23H27NO.C6H14O/c1-7-19(15-18(6)23(25)24-17(4)5)20(8-2)16-21(9-3)22-13-11-10-12-14-22;1-3-5-7-6-4-2/h7-16H,3-4H2,1-2,5-6H3,(H,24,25);3-6H2,1-2H3/b18-15+,19-7-,20-8+,21-16+;. The maximum atomic E-state index is 12.1. The molecule has 32 heavy (non-hydrogen) atoms. The molecule has 0 atom stereocenters. The van der Waals surface area contributed by atoms with Crippen molar-refractivity contribution in [1.82, 2.24) is 5.32 Å². The molecule has 0 saturated carbocycles. The molecule has 0 heterocycles. The predicted molar refractivity (Wildman–Crippen MR) is 140 cm³/mol. The number of carbonyl (C=O) groups excluding carboxylic acids is 1. The van der Waals surface area contributed by atoms with Crippen molar-refractivity contribution >= 4 is 11.5 Å². The van der Waals surface area contributed by atoms with Crippen LogP contribution in [-0.2, 0) is 9.53 Å². The number of amides is 1. The molecule has 1 N–H and O–H groups in total. The Kier molecular flexibility index (Phi) is 16.1. The molecule has 0 aromatic heterocycles. The zero-order valence-corrected chi connectivity index (χ0v) is 20.8. The van der Waals surface area contributed by atoms with Crippen LogP contribution in [0, 0.1) is 0 Å². The van der Waals surface area contributed by atoms with E-state index in [1.807, 2.05) is 56.4 Å². The Morgan fingerprint density at radius 2 is 1.50 bits per heavy atom. The van der Waals surface area contributed by atoms with E-state index in [1.54, 1.807) is 13.8 Å². The molecule has 0 aliphatic rings. The molecule has 0 radical (unpaired) electrons. The summed E-state index contributed by atoms with van der Waals surface area (Å²) in [4.78, 5) is 12.1. The molecule has 0 aliphatic carbocycles. The summed E-state index contributed by atoms with van der Waals surface area (Å²) in [5.74, 6) is -0.140. The van der Waals surface area contributed by atoms with Crippen LogP contribution in [0.2, 0.25) is 0 Å². The Morgan fingerprint density at radius 3 is 1.94 bits per heavy atom. The van der Waals surface area contributed by atoms with E-state index >= 15 is 0 Å². The molecule has 0 spiro atoms. The minimum atomic E-state index is -0.140. The highest BCUT2D eigenvalue weighted by atomic mass is 16.5. The van der Waals surface area contributed by atoms with Crippen LogP contribution in [0.4, 0.5) is 0 Å². The van der Waals surface area contributed by atoms with E-state index in [1.165, 1.54) is 0 Å². The minimum absolute atomic E-state index is 0.140. The quantitative estimate of drug-likeness (QED) is 0.221. The lowest BCUT2D eigenvalue weighted by Crippen LogP contribution is -2.21. The van der Waals surface area contributed by atoms with Crippen LogP contribution in [0.5, 0.6) is 0 Å². The van der Waals surface area contributed by atoms with Gasteiger partial charge in [-0.05, 0) is 75.0 Å². The molecule has 0 saturated heterocycles. The van der Waals surface area contributed by atoms with Gasteiger partial charge in [-0.15, -0.1) is 0 Å². The van der Waals surface area contributed by atoms with E-state index in [2.05, 4.69) is 50.5 Å².